The maximum atomic E-state index is 13.6. The van der Waals surface area contributed by atoms with Crippen LogP contribution < -0.4 is 0 Å². The molecule has 5 rings (SSSR count). The molecule has 5 nitrogen and oxygen atoms in total. The average molecular weight is 459 g/mol. The number of benzene rings is 2. The lowest BCUT2D eigenvalue weighted by molar-refractivity contribution is -0.140. The summed E-state index contributed by atoms with van der Waals surface area (Å²) in [5.74, 6) is 0.959. The van der Waals surface area contributed by atoms with E-state index >= 15 is 0 Å². The first-order valence-corrected chi connectivity index (χ1v) is 12.3. The Morgan fingerprint density at radius 1 is 0.848 bits per heavy atom. The zero-order valence-electron chi connectivity index (χ0n) is 18.4. The van der Waals surface area contributed by atoms with Crippen LogP contribution in [-0.4, -0.2) is 40.7 Å². The molecule has 0 bridgehead atoms. The van der Waals surface area contributed by atoms with Crippen molar-refractivity contribution >= 4 is 29.1 Å². The van der Waals surface area contributed by atoms with Gasteiger partial charge in [0.1, 0.15) is 5.76 Å². The lowest BCUT2D eigenvalue weighted by Crippen LogP contribution is -2.47. The van der Waals surface area contributed by atoms with E-state index in [4.69, 9.17) is 4.42 Å². The van der Waals surface area contributed by atoms with E-state index in [1.54, 1.807) is 6.26 Å². The molecule has 2 aromatic carbocycles. The highest BCUT2D eigenvalue weighted by molar-refractivity contribution is 8.03. The molecule has 1 aromatic heterocycles. The molecule has 33 heavy (non-hydrogen) atoms. The van der Waals surface area contributed by atoms with Crippen LogP contribution in [0.4, 0.5) is 0 Å². The molecule has 2 amide bonds. The number of hydrogen-bond donors (Lipinski definition) is 0. The van der Waals surface area contributed by atoms with Gasteiger partial charge in [-0.25, -0.2) is 0 Å². The first kappa shape index (κ1) is 21.7. The third kappa shape index (κ3) is 4.68. The molecule has 0 saturated carbocycles. The lowest BCUT2D eigenvalue weighted by atomic mass is 10.0. The van der Waals surface area contributed by atoms with Gasteiger partial charge in [0.25, 0.3) is 11.8 Å². The Morgan fingerprint density at radius 3 is 2.21 bits per heavy atom. The predicted octanol–water partition coefficient (Wildman–Crippen LogP) is 4.96. The maximum absolute atomic E-state index is 13.6. The molecule has 2 aliphatic heterocycles. The van der Waals surface area contributed by atoms with Crippen molar-refractivity contribution in [2.75, 3.05) is 13.1 Å². The van der Waals surface area contributed by atoms with Crippen LogP contribution in [0.25, 0.3) is 5.57 Å². The number of likely N-dealkylation sites (tertiary alicyclic amines) is 1. The van der Waals surface area contributed by atoms with Crippen molar-refractivity contribution < 1.29 is 14.0 Å². The van der Waals surface area contributed by atoms with Crippen LogP contribution in [0.2, 0.25) is 0 Å². The molecule has 0 aliphatic carbocycles. The summed E-state index contributed by atoms with van der Waals surface area (Å²) in [4.78, 5) is 31.5. The van der Waals surface area contributed by atoms with Crippen molar-refractivity contribution in [3.8, 4) is 0 Å². The van der Waals surface area contributed by atoms with E-state index in [1.807, 2.05) is 48.5 Å². The van der Waals surface area contributed by atoms with Crippen molar-refractivity contribution in [3.05, 3.63) is 101 Å². The average Bonchev–Trinajstić information content (AvgIpc) is 3.45. The summed E-state index contributed by atoms with van der Waals surface area (Å²) in [7, 11) is 0. The summed E-state index contributed by atoms with van der Waals surface area (Å²) in [6, 6.07) is 23.6. The van der Waals surface area contributed by atoms with Gasteiger partial charge >= 0.3 is 0 Å². The Morgan fingerprint density at radius 2 is 1.55 bits per heavy atom. The second-order valence-corrected chi connectivity index (χ2v) is 9.40. The number of furan rings is 1. The van der Waals surface area contributed by atoms with Gasteiger partial charge < -0.3 is 4.42 Å². The van der Waals surface area contributed by atoms with Gasteiger partial charge in [0.05, 0.1) is 22.5 Å². The Balaban J connectivity index is 1.32. The normalized spacial score (nSPS) is 17.9. The zero-order valence-corrected chi connectivity index (χ0v) is 19.2. The van der Waals surface area contributed by atoms with Crippen molar-refractivity contribution in [2.24, 2.45) is 0 Å². The van der Waals surface area contributed by atoms with Crippen LogP contribution in [0.5, 0.6) is 0 Å². The smallest absolute Gasteiger partial charge is 0.268 e. The highest BCUT2D eigenvalue weighted by Gasteiger charge is 2.43. The molecule has 3 heterocycles. The van der Waals surface area contributed by atoms with Crippen LogP contribution in [-0.2, 0) is 21.9 Å². The molecule has 0 radical (unpaired) electrons. The second kappa shape index (κ2) is 9.81. The molecule has 2 aliphatic rings. The quantitative estimate of drug-likeness (QED) is 0.469. The fraction of sp³-hybridized carbons (Fsp3) is 0.259. The predicted molar refractivity (Wildman–Crippen MR) is 130 cm³/mol. The van der Waals surface area contributed by atoms with Gasteiger partial charge in [-0.15, -0.1) is 11.8 Å². The first-order chi connectivity index (χ1) is 16.2. The van der Waals surface area contributed by atoms with Crippen LogP contribution in [0.3, 0.4) is 0 Å². The number of nitrogens with zero attached hydrogens (tertiary/aromatic N) is 2. The van der Waals surface area contributed by atoms with E-state index in [0.717, 1.165) is 43.8 Å². The molecule has 1 saturated heterocycles. The number of piperidine rings is 1. The number of thioether (sulfide) groups is 1. The van der Waals surface area contributed by atoms with Gasteiger partial charge in [0.2, 0.25) is 0 Å². The fourth-order valence-electron chi connectivity index (χ4n) is 4.57. The van der Waals surface area contributed by atoms with Crippen LogP contribution >= 0.6 is 11.8 Å². The third-order valence-electron chi connectivity index (χ3n) is 6.25. The van der Waals surface area contributed by atoms with Crippen LogP contribution in [0, 0.1) is 0 Å². The Kier molecular flexibility index (Phi) is 6.46. The Bertz CT molecular complexity index is 1130. The minimum absolute atomic E-state index is 0.0718. The molecule has 0 N–H and O–H groups in total. The van der Waals surface area contributed by atoms with E-state index in [-0.39, 0.29) is 17.9 Å². The van der Waals surface area contributed by atoms with Crippen molar-refractivity contribution in [1.29, 1.82) is 0 Å². The highest BCUT2D eigenvalue weighted by Crippen LogP contribution is 2.39. The SMILES string of the molecule is O=C1C(SCc2ccco2)=C(c2ccccc2)C(=O)N1C1CCN(Cc2ccccc2)CC1. The largest absolute Gasteiger partial charge is 0.468 e. The van der Waals surface area contributed by atoms with Gasteiger partial charge in [-0.3, -0.25) is 19.4 Å². The summed E-state index contributed by atoms with van der Waals surface area (Å²) in [5.41, 5.74) is 2.60. The number of carbonyl (C=O) groups is 2. The van der Waals surface area contributed by atoms with Gasteiger partial charge in [-0.1, -0.05) is 60.7 Å². The van der Waals surface area contributed by atoms with E-state index in [9.17, 15) is 9.59 Å². The number of imide groups is 1. The minimum atomic E-state index is -0.172. The Labute approximate surface area is 198 Å². The molecular weight excluding hydrogens is 432 g/mol. The molecule has 0 unspecified atom stereocenters. The number of carbonyl (C=O) groups excluding carboxylic acids is 2. The second-order valence-electron chi connectivity index (χ2n) is 8.41. The van der Waals surface area contributed by atoms with E-state index < -0.39 is 0 Å². The summed E-state index contributed by atoms with van der Waals surface area (Å²) >= 11 is 1.39. The van der Waals surface area contributed by atoms with Crippen LogP contribution in [0.15, 0.2) is 88.4 Å². The highest BCUT2D eigenvalue weighted by atomic mass is 32.2. The first-order valence-electron chi connectivity index (χ1n) is 11.3. The van der Waals surface area contributed by atoms with Gasteiger partial charge in [-0.05, 0) is 36.1 Å². The standard InChI is InChI=1S/C27H26N2O3S/c30-26-24(21-10-5-2-6-11-21)25(33-19-23-12-7-17-32-23)27(31)29(26)22-13-15-28(16-14-22)18-20-8-3-1-4-9-20/h1-12,17,22H,13-16,18-19H2. The zero-order chi connectivity index (χ0) is 22.6. The van der Waals surface area contributed by atoms with Crippen molar-refractivity contribution in [2.45, 2.75) is 31.2 Å². The van der Waals surface area contributed by atoms with E-state index in [2.05, 4.69) is 29.2 Å². The lowest BCUT2D eigenvalue weighted by Gasteiger charge is -2.36. The van der Waals surface area contributed by atoms with Gasteiger partial charge in [0, 0.05) is 25.7 Å². The minimum Gasteiger partial charge on any atom is -0.468 e. The van der Waals surface area contributed by atoms with E-state index in [0.29, 0.717) is 16.2 Å². The number of amides is 2. The van der Waals surface area contributed by atoms with Crippen molar-refractivity contribution in [3.63, 3.8) is 0 Å². The molecule has 1 fully saturated rings. The monoisotopic (exact) mass is 458 g/mol. The maximum Gasteiger partial charge on any atom is 0.268 e. The summed E-state index contributed by atoms with van der Waals surface area (Å²) in [5, 5.41) is 0. The molecule has 0 spiro atoms. The van der Waals surface area contributed by atoms with Crippen molar-refractivity contribution in [1.82, 2.24) is 9.80 Å². The molecule has 6 heteroatoms. The molecule has 0 atom stereocenters. The van der Waals surface area contributed by atoms with Gasteiger partial charge in [0.15, 0.2) is 0 Å². The fourth-order valence-corrected chi connectivity index (χ4v) is 5.59. The summed E-state index contributed by atoms with van der Waals surface area (Å²) in [6.07, 6.45) is 3.21. The van der Waals surface area contributed by atoms with Crippen LogP contribution in [0.1, 0.15) is 29.7 Å². The molecular formula is C27H26N2O3S. The topological polar surface area (TPSA) is 53.8 Å². The van der Waals surface area contributed by atoms with Gasteiger partial charge in [-0.2, -0.15) is 0 Å². The summed E-state index contributed by atoms with van der Waals surface area (Å²) in [6.45, 7) is 2.63. The molecule has 3 aromatic rings. The number of hydrogen-bond acceptors (Lipinski definition) is 5. The Hall–Kier alpha value is -3.09. The summed E-state index contributed by atoms with van der Waals surface area (Å²) < 4.78 is 5.44. The molecule has 168 valence electrons. The van der Waals surface area contributed by atoms with E-state index in [1.165, 1.54) is 22.2 Å². The third-order valence-corrected chi connectivity index (χ3v) is 7.34. The number of rotatable bonds is 7.